The molecule has 214 valence electrons. The largest absolute Gasteiger partial charge is 0.422 e. The zero-order valence-corrected chi connectivity index (χ0v) is 24.6. The zero-order valence-electron chi connectivity index (χ0n) is 24.6. The molecule has 0 N–H and O–H groups in total. The second kappa shape index (κ2) is 9.16. The number of hydrogen-bond donors (Lipinski definition) is 0. The average Bonchev–Trinajstić information content (AvgIpc) is 3.11. The van der Waals surface area contributed by atoms with E-state index in [1.807, 2.05) is 46.8 Å². The van der Waals surface area contributed by atoms with Crippen LogP contribution in [-0.4, -0.2) is 0 Å². The van der Waals surface area contributed by atoms with E-state index in [9.17, 15) is 17.6 Å². The number of aromatic nitrogens is 3. The lowest BCUT2D eigenvalue weighted by Crippen LogP contribution is -2.72. The predicted molar refractivity (Wildman–Crippen MR) is 146 cm³/mol. The molecule has 0 saturated carbocycles. The molecule has 0 aliphatic carbocycles. The van der Waals surface area contributed by atoms with E-state index in [2.05, 4.69) is 47.6 Å². The van der Waals surface area contributed by atoms with Gasteiger partial charge < -0.3 is 0 Å². The first-order valence-electron chi connectivity index (χ1n) is 13.5. The molecule has 1 unspecified atom stereocenters. The van der Waals surface area contributed by atoms with Crippen molar-refractivity contribution in [2.24, 2.45) is 7.05 Å². The van der Waals surface area contributed by atoms with Crippen molar-refractivity contribution in [1.82, 2.24) is 0 Å². The van der Waals surface area contributed by atoms with Gasteiger partial charge in [-0.15, -0.1) is 9.13 Å². The highest BCUT2D eigenvalue weighted by Crippen LogP contribution is 2.41. The van der Waals surface area contributed by atoms with Gasteiger partial charge in [-0.2, -0.15) is 17.7 Å². The summed E-state index contributed by atoms with van der Waals surface area (Å²) >= 11 is 0. The summed E-state index contributed by atoms with van der Waals surface area (Å²) in [5.41, 5.74) is 1.40. The maximum atomic E-state index is 15.4. The van der Waals surface area contributed by atoms with Crippen molar-refractivity contribution in [3.05, 3.63) is 101 Å². The van der Waals surface area contributed by atoms with E-state index >= 15 is 4.39 Å². The van der Waals surface area contributed by atoms with Crippen LogP contribution in [-0.2, 0) is 29.7 Å². The van der Waals surface area contributed by atoms with Crippen LogP contribution in [0.15, 0.2) is 67.1 Å². The molecule has 3 aromatic heterocycles. The Hall–Kier alpha value is -3.68. The van der Waals surface area contributed by atoms with Gasteiger partial charge in [-0.1, -0.05) is 41.5 Å². The Kier molecular flexibility index (Phi) is 6.44. The van der Waals surface area contributed by atoms with Crippen LogP contribution >= 0.6 is 0 Å². The fourth-order valence-electron chi connectivity index (χ4n) is 5.65. The molecule has 3 nitrogen and oxygen atoms in total. The number of fused-ring (bicyclic) bond motifs is 3. The fraction of sp³-hybridized carbons (Fsp3) is 0.364. The van der Waals surface area contributed by atoms with E-state index in [0.29, 0.717) is 5.69 Å². The monoisotopic (exact) mass is 568 g/mol. The van der Waals surface area contributed by atoms with Crippen LogP contribution in [0.1, 0.15) is 70.7 Å². The quantitative estimate of drug-likeness (QED) is 0.184. The zero-order chi connectivity index (χ0) is 30.3. The average molecular weight is 569 g/mol. The second-order valence-electron chi connectivity index (χ2n) is 13.1. The molecule has 4 heterocycles. The van der Waals surface area contributed by atoms with Crippen molar-refractivity contribution in [3.8, 4) is 22.6 Å². The van der Waals surface area contributed by atoms with Crippen molar-refractivity contribution >= 4 is 0 Å². The molecule has 0 amide bonds. The summed E-state index contributed by atoms with van der Waals surface area (Å²) < 4.78 is 77.3. The van der Waals surface area contributed by atoms with Gasteiger partial charge in [0, 0.05) is 36.4 Å². The molecular weight excluding hydrogens is 533 g/mol. The van der Waals surface area contributed by atoms with E-state index < -0.39 is 29.0 Å². The number of halogens is 5. The van der Waals surface area contributed by atoms with Gasteiger partial charge in [-0.05, 0) is 34.1 Å². The molecule has 0 spiro atoms. The summed E-state index contributed by atoms with van der Waals surface area (Å²) in [7, 11) is 1.91. The number of pyridine rings is 3. The van der Waals surface area contributed by atoms with Crippen LogP contribution in [0.4, 0.5) is 22.0 Å². The molecule has 5 rings (SSSR count). The van der Waals surface area contributed by atoms with Crippen LogP contribution in [0.5, 0.6) is 0 Å². The Morgan fingerprint density at radius 2 is 1.24 bits per heavy atom. The molecular formula is C33H35F5N3+3. The van der Waals surface area contributed by atoms with E-state index in [-0.39, 0.29) is 27.7 Å². The van der Waals surface area contributed by atoms with Crippen LogP contribution in [0, 0.1) is 11.6 Å². The lowest BCUT2D eigenvalue weighted by atomic mass is 9.85. The third-order valence-electron chi connectivity index (χ3n) is 8.13. The number of aryl methyl sites for hydroxylation is 1. The molecule has 0 radical (unpaired) electrons. The standard InChI is InChI=1S/C33H35F5N3/c1-30(2,3)20-11-13-39(8)27(15-20)28-16-21(31(4,5)6)12-14-40(28)32(7)24-17-23(34)18-25(35)29(24)26-10-9-22(19-41(26)32)33(36,37)38/h9-19H,1-8H3/q+3. The molecule has 8 heteroatoms. The van der Waals surface area contributed by atoms with Crippen molar-refractivity contribution in [2.45, 2.75) is 71.1 Å². The van der Waals surface area contributed by atoms with E-state index in [1.54, 1.807) is 6.92 Å². The highest BCUT2D eigenvalue weighted by molar-refractivity contribution is 5.66. The minimum Gasteiger partial charge on any atom is -0.207 e. The summed E-state index contributed by atoms with van der Waals surface area (Å²) in [5.74, 6) is -1.63. The molecule has 1 atom stereocenters. The normalized spacial score (nSPS) is 17.0. The Balaban J connectivity index is 1.93. The van der Waals surface area contributed by atoms with Gasteiger partial charge in [0.15, 0.2) is 18.6 Å². The molecule has 1 aliphatic heterocycles. The van der Waals surface area contributed by atoms with Gasteiger partial charge in [0.25, 0.3) is 11.4 Å². The number of hydrogen-bond acceptors (Lipinski definition) is 0. The second-order valence-corrected chi connectivity index (χ2v) is 13.1. The number of rotatable bonds is 2. The summed E-state index contributed by atoms with van der Waals surface area (Å²) in [6.07, 6.45) is 0.136. The SMILES string of the molecule is C[n+]1ccc(C(C)(C)C)cc1-c1cc(C(C)(C)C)cc[n+]1C1(C)c2cc(F)cc(F)c2-c2ccc(C(F)(F)F)c[n+]21. The van der Waals surface area contributed by atoms with Crippen molar-refractivity contribution in [3.63, 3.8) is 0 Å². The Morgan fingerprint density at radius 3 is 1.83 bits per heavy atom. The highest BCUT2D eigenvalue weighted by Gasteiger charge is 2.59. The van der Waals surface area contributed by atoms with Crippen molar-refractivity contribution < 1.29 is 35.7 Å². The minimum atomic E-state index is -4.63. The highest BCUT2D eigenvalue weighted by atomic mass is 19.4. The summed E-state index contributed by atoms with van der Waals surface area (Å²) in [6, 6.07) is 12.2. The van der Waals surface area contributed by atoms with Gasteiger partial charge in [0.1, 0.15) is 29.8 Å². The first-order chi connectivity index (χ1) is 18.8. The van der Waals surface area contributed by atoms with Gasteiger partial charge in [-0.25, -0.2) is 8.78 Å². The first kappa shape index (κ1) is 28.8. The topological polar surface area (TPSA) is 11.6 Å². The molecule has 0 fully saturated rings. The minimum absolute atomic E-state index is 0.0776. The molecule has 4 aromatic rings. The maximum absolute atomic E-state index is 15.4. The summed E-state index contributed by atoms with van der Waals surface area (Å²) in [5, 5.41) is 0. The van der Waals surface area contributed by atoms with E-state index in [1.165, 1.54) is 16.7 Å². The first-order valence-corrected chi connectivity index (χ1v) is 13.5. The lowest BCUT2D eigenvalue weighted by Gasteiger charge is -2.23. The summed E-state index contributed by atoms with van der Waals surface area (Å²) in [6.45, 7) is 14.3. The Labute approximate surface area is 237 Å². The maximum Gasteiger partial charge on any atom is 0.422 e. The molecule has 0 bridgehead atoms. The predicted octanol–water partition coefficient (Wildman–Crippen LogP) is 6.89. The van der Waals surface area contributed by atoms with Gasteiger partial charge in [0.05, 0.1) is 12.5 Å². The molecule has 1 aromatic carbocycles. The Bertz CT molecular complexity index is 1690. The summed E-state index contributed by atoms with van der Waals surface area (Å²) in [4.78, 5) is 0. The van der Waals surface area contributed by atoms with Crippen LogP contribution in [0.25, 0.3) is 22.6 Å². The van der Waals surface area contributed by atoms with Crippen LogP contribution < -0.4 is 13.7 Å². The van der Waals surface area contributed by atoms with Gasteiger partial charge in [0.2, 0.25) is 5.69 Å². The van der Waals surface area contributed by atoms with E-state index in [0.717, 1.165) is 35.2 Å². The smallest absolute Gasteiger partial charge is 0.207 e. The number of alkyl halides is 3. The molecule has 0 saturated heterocycles. The Morgan fingerprint density at radius 1 is 0.659 bits per heavy atom. The number of nitrogens with zero attached hydrogens (tertiary/aromatic N) is 3. The van der Waals surface area contributed by atoms with Crippen LogP contribution in [0.2, 0.25) is 0 Å². The number of benzene rings is 1. The van der Waals surface area contributed by atoms with E-state index in [4.69, 9.17) is 0 Å². The van der Waals surface area contributed by atoms with Gasteiger partial charge >= 0.3 is 11.8 Å². The third-order valence-corrected chi connectivity index (χ3v) is 8.13. The molecule has 1 aliphatic rings. The van der Waals surface area contributed by atoms with Crippen LogP contribution in [0.3, 0.4) is 0 Å². The molecule has 41 heavy (non-hydrogen) atoms. The lowest BCUT2D eigenvalue weighted by molar-refractivity contribution is -0.967. The fourth-order valence-corrected chi connectivity index (χ4v) is 5.65. The van der Waals surface area contributed by atoms with Crippen molar-refractivity contribution in [2.75, 3.05) is 0 Å². The third kappa shape index (κ3) is 4.71. The van der Waals surface area contributed by atoms with Gasteiger partial charge in [-0.3, -0.25) is 0 Å². The van der Waals surface area contributed by atoms with Crippen molar-refractivity contribution in [1.29, 1.82) is 0 Å².